The van der Waals surface area contributed by atoms with Gasteiger partial charge in [-0.15, -0.1) is 0 Å². The smallest absolute Gasteiger partial charge is 0.870 e. The van der Waals surface area contributed by atoms with Crippen molar-refractivity contribution >= 4 is 6.16 Å². The van der Waals surface area contributed by atoms with E-state index in [0.717, 1.165) is 0 Å². The van der Waals surface area contributed by atoms with E-state index in [-0.39, 0.29) is 104 Å². The van der Waals surface area contributed by atoms with Gasteiger partial charge in [-0.3, -0.25) is 0 Å². The topological polar surface area (TPSA) is 90.4 Å². The Morgan fingerprint density at radius 1 is 1.57 bits per heavy atom. The fourth-order valence-electron chi connectivity index (χ4n) is 0. The summed E-state index contributed by atoms with van der Waals surface area (Å²) in [6.45, 7) is 0. The van der Waals surface area contributed by atoms with Crippen LogP contribution in [0.2, 0.25) is 0 Å². The molecule has 0 saturated heterocycles. The van der Waals surface area contributed by atoms with Crippen LogP contribution in [0.25, 0.3) is 0 Å². The Hall–Kier alpha value is 2.28. The summed E-state index contributed by atoms with van der Waals surface area (Å²) in [4.78, 5) is 8.44. The third-order valence-electron chi connectivity index (χ3n) is 0. The van der Waals surface area contributed by atoms with E-state index in [1.807, 2.05) is 0 Å². The van der Waals surface area contributed by atoms with Crippen LogP contribution in [0.5, 0.6) is 0 Å². The van der Waals surface area contributed by atoms with E-state index in [9.17, 15) is 0 Å². The molecule has 2 N–H and O–H groups in total. The second kappa shape index (κ2) is 15.7. The van der Waals surface area contributed by atoms with Gasteiger partial charge in [0.15, 0.2) is 0 Å². The van der Waals surface area contributed by atoms with Gasteiger partial charge in [0.25, 0.3) is 0 Å². The van der Waals surface area contributed by atoms with Crippen LogP contribution in [-0.2, 0) is 0 Å². The van der Waals surface area contributed by atoms with Gasteiger partial charge in [-0.2, -0.15) is 0 Å². The molecule has 0 saturated carbocycles. The van der Waals surface area contributed by atoms with Crippen LogP contribution in [0.1, 0.15) is 0 Å². The van der Waals surface area contributed by atoms with E-state index in [2.05, 4.69) is 0 Å². The van der Waals surface area contributed by atoms with Crippen molar-refractivity contribution < 1.29 is 119 Å². The molecule has 0 spiro atoms. The molecule has 0 aliphatic heterocycles. The van der Waals surface area contributed by atoms with Crippen LogP contribution in [0, 0.1) is 0 Å². The predicted octanol–water partition coefficient (Wildman–Crippen LogP) is -7.28. The zero-order valence-corrected chi connectivity index (χ0v) is 12.5. The Kier molecular flexibility index (Phi) is 51.3. The zero-order chi connectivity index (χ0) is 3.58. The SMILES string of the molecule is O=C([O-])O.[Cs+].[Na+].[OH-]. The molecular formula is CH2CsNaO4. The van der Waals surface area contributed by atoms with Crippen LogP contribution in [-0.4, -0.2) is 16.7 Å². The molecule has 0 aliphatic rings. The Bertz CT molecular complexity index is 34.7. The molecule has 0 atom stereocenters. The summed E-state index contributed by atoms with van der Waals surface area (Å²) >= 11 is 0. The van der Waals surface area contributed by atoms with Gasteiger partial charge >= 0.3 is 98.5 Å². The predicted molar refractivity (Wildman–Crippen MR) is 9.96 cm³/mol. The molecule has 32 valence electrons. The van der Waals surface area contributed by atoms with E-state index < -0.39 is 6.16 Å². The van der Waals surface area contributed by atoms with Gasteiger partial charge in [0.05, 0.1) is 0 Å². The van der Waals surface area contributed by atoms with E-state index >= 15 is 0 Å². The van der Waals surface area contributed by atoms with Crippen molar-refractivity contribution in [2.45, 2.75) is 0 Å². The van der Waals surface area contributed by atoms with Crippen LogP contribution >= 0.6 is 0 Å². The summed E-state index contributed by atoms with van der Waals surface area (Å²) in [5.41, 5.74) is 0. The first kappa shape index (κ1) is 22.8. The van der Waals surface area contributed by atoms with Crippen LogP contribution in [0.3, 0.4) is 0 Å². The van der Waals surface area contributed by atoms with Gasteiger partial charge in [0.1, 0.15) is 0 Å². The zero-order valence-electron chi connectivity index (χ0n) is 4.21. The summed E-state index contributed by atoms with van der Waals surface area (Å²) in [6.07, 6.45) is -2.08. The Morgan fingerprint density at radius 3 is 1.57 bits per heavy atom. The van der Waals surface area contributed by atoms with Gasteiger partial charge in [0, 0.05) is 0 Å². The quantitative estimate of drug-likeness (QED) is 0.421. The minimum atomic E-state index is -2.08. The van der Waals surface area contributed by atoms with Gasteiger partial charge in [-0.25, -0.2) is 0 Å². The Morgan fingerprint density at radius 2 is 1.57 bits per heavy atom. The van der Waals surface area contributed by atoms with Crippen molar-refractivity contribution in [2.75, 3.05) is 0 Å². The maximum atomic E-state index is 8.44. The fourth-order valence-corrected chi connectivity index (χ4v) is 0. The van der Waals surface area contributed by atoms with Crippen LogP contribution in [0.15, 0.2) is 0 Å². The van der Waals surface area contributed by atoms with E-state index in [1.165, 1.54) is 0 Å². The molecule has 0 aromatic rings. The minimum Gasteiger partial charge on any atom is -0.870 e. The van der Waals surface area contributed by atoms with Crippen molar-refractivity contribution in [1.82, 2.24) is 0 Å². The molecule has 0 unspecified atom stereocenters. The molecule has 0 aromatic carbocycles. The molecule has 7 heavy (non-hydrogen) atoms. The average Bonchev–Trinajstić information content (AvgIpc) is 0.811. The molecule has 0 rings (SSSR count). The molecule has 0 aromatic heterocycles. The molecule has 6 heteroatoms. The number of carboxylic acid groups (broad SMARTS) is 2. The Balaban J connectivity index is -0.0000000150. The van der Waals surface area contributed by atoms with Crippen molar-refractivity contribution in [1.29, 1.82) is 0 Å². The third-order valence-corrected chi connectivity index (χ3v) is 0. The summed E-state index contributed by atoms with van der Waals surface area (Å²) in [5.74, 6) is 0. The first-order chi connectivity index (χ1) is 1.73. The monoisotopic (exact) mass is 234 g/mol. The van der Waals surface area contributed by atoms with Crippen molar-refractivity contribution in [3.05, 3.63) is 0 Å². The molecule has 0 bridgehead atoms. The molecule has 0 fully saturated rings. The average molecular weight is 234 g/mol. The third kappa shape index (κ3) is 62.8. The number of carbonyl (C=O) groups is 1. The van der Waals surface area contributed by atoms with E-state index in [1.54, 1.807) is 0 Å². The van der Waals surface area contributed by atoms with Gasteiger partial charge in [0.2, 0.25) is 6.16 Å². The van der Waals surface area contributed by atoms with Crippen molar-refractivity contribution in [2.24, 2.45) is 0 Å². The number of hydrogen-bond donors (Lipinski definition) is 1. The molecule has 4 nitrogen and oxygen atoms in total. The van der Waals surface area contributed by atoms with Crippen LogP contribution in [0.4, 0.5) is 4.79 Å². The summed E-state index contributed by atoms with van der Waals surface area (Å²) in [5, 5.41) is 15.3. The standard InChI is InChI=1S/CH2O3.Cs.Na.H2O/c2-1(3)4;;;/h(H2,2,3,4);;;1H2/q;2*+1;/p-2. The van der Waals surface area contributed by atoms with Gasteiger partial charge in [-0.1, -0.05) is 0 Å². The normalized spacial score (nSPS) is 3.43. The fraction of sp³-hybridized carbons (Fsp3) is 0. The molecule has 0 heterocycles. The molecule has 0 amide bonds. The largest absolute Gasteiger partial charge is 1.00 e. The first-order valence-corrected chi connectivity index (χ1v) is 0.632. The Labute approximate surface area is 122 Å². The summed E-state index contributed by atoms with van der Waals surface area (Å²) in [7, 11) is 0. The van der Waals surface area contributed by atoms with E-state index in [0.29, 0.717) is 0 Å². The summed E-state index contributed by atoms with van der Waals surface area (Å²) < 4.78 is 0. The second-order valence-corrected chi connectivity index (χ2v) is 0.266. The minimum absolute atomic E-state index is 0. The van der Waals surface area contributed by atoms with Gasteiger partial charge < -0.3 is 20.5 Å². The van der Waals surface area contributed by atoms with Gasteiger partial charge in [-0.05, 0) is 0 Å². The summed E-state index contributed by atoms with van der Waals surface area (Å²) in [6, 6.07) is 0. The number of rotatable bonds is 0. The maximum absolute atomic E-state index is 8.44. The number of hydrogen-bond acceptors (Lipinski definition) is 3. The second-order valence-electron chi connectivity index (χ2n) is 0.266. The van der Waals surface area contributed by atoms with Crippen molar-refractivity contribution in [3.8, 4) is 0 Å². The van der Waals surface area contributed by atoms with Crippen molar-refractivity contribution in [3.63, 3.8) is 0 Å². The molecule has 0 radical (unpaired) electrons. The van der Waals surface area contributed by atoms with Crippen LogP contribution < -0.4 is 104 Å². The maximum Gasteiger partial charge on any atom is 1.00 e. The first-order valence-electron chi connectivity index (χ1n) is 0.632. The molecule has 0 aliphatic carbocycles. The molecular weight excluding hydrogens is 232 g/mol. The van der Waals surface area contributed by atoms with E-state index in [4.69, 9.17) is 15.0 Å².